The number of ether oxygens (including phenoxy) is 4. The van der Waals surface area contributed by atoms with E-state index < -0.39 is 23.8 Å². The van der Waals surface area contributed by atoms with E-state index in [1.807, 2.05) is 13.0 Å². The van der Waals surface area contributed by atoms with Gasteiger partial charge in [-0.1, -0.05) is 37.6 Å². The minimum Gasteiger partial charge on any atom is -0.450 e. The summed E-state index contributed by atoms with van der Waals surface area (Å²) in [4.78, 5) is 17.9. The first-order valence-corrected chi connectivity index (χ1v) is 19.2. The highest BCUT2D eigenvalue weighted by Crippen LogP contribution is 2.55. The van der Waals surface area contributed by atoms with E-state index in [1.165, 1.54) is 22.4 Å². The van der Waals surface area contributed by atoms with Crippen molar-refractivity contribution < 1.29 is 34.0 Å². The maximum atomic E-state index is 12.5. The van der Waals surface area contributed by atoms with E-state index in [9.17, 15) is 15.0 Å². The second kappa shape index (κ2) is 13.5. The summed E-state index contributed by atoms with van der Waals surface area (Å²) >= 11 is 0. The van der Waals surface area contributed by atoms with Crippen LogP contribution in [0.4, 0.5) is 0 Å². The molecule has 0 aromatic heterocycles. The van der Waals surface area contributed by atoms with Crippen molar-refractivity contribution >= 4 is 11.7 Å². The summed E-state index contributed by atoms with van der Waals surface area (Å²) in [6, 6.07) is 0. The van der Waals surface area contributed by atoms with Crippen molar-refractivity contribution in [2.45, 2.75) is 167 Å². The lowest BCUT2D eigenvalue weighted by Crippen LogP contribution is -2.52. The van der Waals surface area contributed by atoms with Crippen molar-refractivity contribution in [3.05, 3.63) is 46.6 Å². The van der Waals surface area contributed by atoms with Crippen molar-refractivity contribution in [2.24, 2.45) is 28.2 Å². The number of nitrogens with zero attached hydrogens (tertiary/aromatic N) is 1. The minimum atomic E-state index is -1.04. The molecule has 3 saturated heterocycles. The van der Waals surface area contributed by atoms with Crippen LogP contribution in [0.15, 0.2) is 51.6 Å². The first-order chi connectivity index (χ1) is 23.3. The Bertz CT molecular complexity index is 1460. The largest absolute Gasteiger partial charge is 0.450 e. The maximum absolute atomic E-state index is 12.5. The van der Waals surface area contributed by atoms with Crippen molar-refractivity contribution in [2.75, 3.05) is 6.54 Å². The third kappa shape index (κ3) is 6.59. The highest BCUT2D eigenvalue weighted by molar-refractivity contribution is 5.92. The van der Waals surface area contributed by atoms with E-state index in [-0.39, 0.29) is 35.6 Å². The molecule has 6 heterocycles. The number of hydrogen-bond acceptors (Lipinski definition) is 8. The number of rotatable bonds is 1. The zero-order chi connectivity index (χ0) is 34.7. The fourth-order valence-electron chi connectivity index (χ4n) is 10.2. The molecule has 11 unspecified atom stereocenters. The highest BCUT2D eigenvalue weighted by atomic mass is 16.8. The van der Waals surface area contributed by atoms with Crippen LogP contribution in [0.25, 0.3) is 0 Å². The highest BCUT2D eigenvalue weighted by Gasteiger charge is 2.59. The quantitative estimate of drug-likeness (QED) is 0.220. The Morgan fingerprint density at radius 1 is 0.918 bits per heavy atom. The normalized spacial score (nSPS) is 45.2. The van der Waals surface area contributed by atoms with E-state index >= 15 is 0 Å². The van der Waals surface area contributed by atoms with Crippen LogP contribution in [0, 0.1) is 23.2 Å². The van der Waals surface area contributed by atoms with Gasteiger partial charge in [-0.15, -0.1) is 0 Å². The first-order valence-electron chi connectivity index (χ1n) is 19.2. The van der Waals surface area contributed by atoms with Gasteiger partial charge in [0.25, 0.3) is 0 Å². The Balaban J connectivity index is 1.26. The van der Waals surface area contributed by atoms with Gasteiger partial charge in [-0.05, 0) is 114 Å². The Morgan fingerprint density at radius 2 is 1.73 bits per heavy atom. The summed E-state index contributed by atoms with van der Waals surface area (Å²) in [5, 5.41) is 22.9. The molecule has 0 aromatic rings. The fraction of sp³-hybridized carbons (Fsp3) is 0.756. The summed E-state index contributed by atoms with van der Waals surface area (Å²) in [6.45, 7) is 16.2. The Kier molecular flexibility index (Phi) is 9.70. The predicted octanol–water partition coefficient (Wildman–Crippen LogP) is 7.44. The number of fused-ring (bicyclic) bond motifs is 2. The number of aliphatic hydroxyl groups is 2. The van der Waals surface area contributed by atoms with Crippen LogP contribution < -0.4 is 0 Å². The number of carbonyl (C=O) groups excluding carboxylic acids is 1. The van der Waals surface area contributed by atoms with Gasteiger partial charge in [-0.3, -0.25) is 4.99 Å². The monoisotopic (exact) mass is 677 g/mol. The van der Waals surface area contributed by atoms with Crippen LogP contribution in [0.1, 0.15) is 125 Å². The molecule has 2 N–H and O–H groups in total. The molecule has 1 aliphatic carbocycles. The van der Waals surface area contributed by atoms with Gasteiger partial charge in [0.05, 0.1) is 18.3 Å². The van der Waals surface area contributed by atoms with E-state index in [1.54, 1.807) is 0 Å². The molecule has 0 aromatic carbocycles. The predicted molar refractivity (Wildman–Crippen MR) is 189 cm³/mol. The zero-order valence-corrected chi connectivity index (χ0v) is 30.5. The molecular weight excluding hydrogens is 618 g/mol. The van der Waals surface area contributed by atoms with Crippen molar-refractivity contribution in [3.63, 3.8) is 0 Å². The van der Waals surface area contributed by atoms with Crippen LogP contribution >= 0.6 is 0 Å². The number of aliphatic hydroxyl groups excluding tert-OH is 2. The second-order valence-electron chi connectivity index (χ2n) is 16.9. The van der Waals surface area contributed by atoms with Gasteiger partial charge >= 0.3 is 5.97 Å². The third-order valence-electron chi connectivity index (χ3n) is 13.5. The Labute approximate surface area is 293 Å². The Morgan fingerprint density at radius 3 is 2.51 bits per heavy atom. The lowest BCUT2D eigenvalue weighted by atomic mass is 9.56. The van der Waals surface area contributed by atoms with Crippen LogP contribution in [0.3, 0.4) is 0 Å². The van der Waals surface area contributed by atoms with Gasteiger partial charge < -0.3 is 29.2 Å². The number of esters is 1. The Hall–Kier alpha value is -2.10. The van der Waals surface area contributed by atoms with Gasteiger partial charge in [-0.2, -0.15) is 0 Å². The summed E-state index contributed by atoms with van der Waals surface area (Å²) < 4.78 is 25.8. The van der Waals surface area contributed by atoms with Crippen molar-refractivity contribution in [3.8, 4) is 0 Å². The number of carbonyl (C=O) groups is 1. The van der Waals surface area contributed by atoms with Gasteiger partial charge in [0, 0.05) is 54.8 Å². The number of cyclic esters (lactones) is 1. The molecule has 3 fully saturated rings. The van der Waals surface area contributed by atoms with E-state index in [2.05, 4.69) is 40.3 Å². The van der Waals surface area contributed by atoms with Crippen LogP contribution in [0.5, 0.6) is 0 Å². The standard InChI is InChI=1S/C41H59NO7/c1-24-8-7-9-36-39(22-27(4)28(5)23-42-36)14-13-32(35-20-26(3)38(45)46-35)29(6)33(39)19-25(2)34(43)21-31-12-15-40(47-31)16-17-41(49-40)37(44)11-10-30(18-24)48-41/h19-20,27-28,30-31,33-35,37,43-44H,1,7-18,21-23H2,2-6H3. The van der Waals surface area contributed by atoms with E-state index in [4.69, 9.17) is 23.9 Å². The smallest absolute Gasteiger partial charge is 0.334 e. The van der Waals surface area contributed by atoms with Gasteiger partial charge in [0.2, 0.25) is 0 Å². The molecule has 3 spiro atoms. The SMILES string of the molecule is C=C1CCCC2=NCC(C)C(C)CC23CCC(C2C=C(C)C(=O)O2)=C(C)C3C=C(C)C(O)CC2CCC3(CCC4(OC(CCC4O)C1)O3)O2. The molecule has 49 heavy (non-hydrogen) atoms. The fourth-order valence-corrected chi connectivity index (χ4v) is 10.2. The average molecular weight is 678 g/mol. The van der Waals surface area contributed by atoms with E-state index in [0.29, 0.717) is 43.1 Å². The molecule has 7 aliphatic rings. The van der Waals surface area contributed by atoms with Crippen molar-refractivity contribution in [1.29, 1.82) is 0 Å². The zero-order valence-electron chi connectivity index (χ0n) is 30.5. The maximum Gasteiger partial charge on any atom is 0.334 e. The third-order valence-corrected chi connectivity index (χ3v) is 13.5. The van der Waals surface area contributed by atoms with Gasteiger partial charge in [0.1, 0.15) is 12.2 Å². The average Bonchev–Trinajstić information content (AvgIpc) is 3.71. The number of aliphatic imine (C=N–C) groups is 1. The molecule has 0 radical (unpaired) electrons. The lowest BCUT2D eigenvalue weighted by molar-refractivity contribution is -0.363. The summed E-state index contributed by atoms with van der Waals surface area (Å²) in [5.41, 5.74) is 6.34. The lowest BCUT2D eigenvalue weighted by Gasteiger charge is -2.47. The molecule has 6 aliphatic heterocycles. The molecule has 4 bridgehead atoms. The van der Waals surface area contributed by atoms with Gasteiger partial charge in [0.15, 0.2) is 11.6 Å². The second-order valence-corrected chi connectivity index (χ2v) is 16.9. The molecule has 8 heteroatoms. The molecule has 0 saturated carbocycles. The van der Waals surface area contributed by atoms with Crippen LogP contribution in [-0.2, 0) is 23.7 Å². The molecular formula is C41H59NO7. The first kappa shape index (κ1) is 35.3. The summed E-state index contributed by atoms with van der Waals surface area (Å²) in [7, 11) is 0. The molecule has 7 rings (SSSR count). The van der Waals surface area contributed by atoms with Crippen LogP contribution in [0.2, 0.25) is 0 Å². The summed E-state index contributed by atoms with van der Waals surface area (Å²) in [5.74, 6) is -1.06. The van der Waals surface area contributed by atoms with Crippen molar-refractivity contribution in [1.82, 2.24) is 0 Å². The van der Waals surface area contributed by atoms with E-state index in [0.717, 1.165) is 76.3 Å². The number of allylic oxidation sites excluding steroid dienone is 2. The number of hydrogen-bond donors (Lipinski definition) is 2. The molecule has 270 valence electrons. The topological polar surface area (TPSA) is 107 Å². The molecule has 0 amide bonds. The van der Waals surface area contributed by atoms with Gasteiger partial charge in [-0.25, -0.2) is 4.79 Å². The summed E-state index contributed by atoms with van der Waals surface area (Å²) in [6.07, 6.45) is 13.5. The minimum absolute atomic E-state index is 0.0266. The molecule has 8 nitrogen and oxygen atoms in total. The van der Waals surface area contributed by atoms with Crippen LogP contribution in [-0.4, -0.2) is 70.5 Å². The molecule has 11 atom stereocenters.